The zero-order chi connectivity index (χ0) is 12.1. The van der Waals surface area contributed by atoms with Crippen LogP contribution >= 0.6 is 22.9 Å². The van der Waals surface area contributed by atoms with E-state index >= 15 is 0 Å². The first-order valence-corrected chi connectivity index (χ1v) is 5.28. The van der Waals surface area contributed by atoms with Gasteiger partial charge < -0.3 is 10.5 Å². The molecule has 6 nitrogen and oxygen atoms in total. The smallest absolute Gasteiger partial charge is 0.445 e. The van der Waals surface area contributed by atoms with E-state index in [4.69, 9.17) is 17.3 Å². The van der Waals surface area contributed by atoms with Gasteiger partial charge in [0.2, 0.25) is 5.91 Å². The molecular weight excluding hydrogens is 256 g/mol. The second kappa shape index (κ2) is 5.57. The third-order valence-electron chi connectivity index (χ3n) is 1.73. The van der Waals surface area contributed by atoms with Gasteiger partial charge in [-0.05, 0) is 12.1 Å². The van der Waals surface area contributed by atoms with E-state index in [0.29, 0.717) is 9.21 Å². The van der Waals surface area contributed by atoms with Gasteiger partial charge in [-0.2, -0.15) is 0 Å². The summed E-state index contributed by atoms with van der Waals surface area (Å²) in [6.45, 7) is -0.323. The van der Waals surface area contributed by atoms with Crippen LogP contribution in [0.15, 0.2) is 17.3 Å². The first kappa shape index (κ1) is 12.6. The average Bonchev–Trinajstić information content (AvgIpc) is 2.64. The molecule has 0 bridgehead atoms. The zero-order valence-electron chi connectivity index (χ0n) is 7.88. The van der Waals surface area contributed by atoms with Crippen LogP contribution in [0.4, 0.5) is 4.79 Å². The van der Waals surface area contributed by atoms with Gasteiger partial charge in [-0.15, -0.1) is 16.2 Å². The van der Waals surface area contributed by atoms with Crippen LogP contribution in [0, 0.1) is 4.91 Å². The molecule has 0 saturated carbocycles. The van der Waals surface area contributed by atoms with Crippen molar-refractivity contribution >= 4 is 34.9 Å². The van der Waals surface area contributed by atoms with E-state index in [2.05, 4.69) is 4.74 Å². The van der Waals surface area contributed by atoms with Crippen LogP contribution in [-0.2, 0) is 9.53 Å². The SMILES string of the molecule is NC(=O)[C@@H](COC(=O)N=O)c1ccc(Cl)s1. The van der Waals surface area contributed by atoms with Gasteiger partial charge in [-0.3, -0.25) is 4.79 Å². The summed E-state index contributed by atoms with van der Waals surface area (Å²) >= 11 is 6.84. The fourth-order valence-corrected chi connectivity index (χ4v) is 2.16. The molecule has 0 aliphatic rings. The minimum Gasteiger partial charge on any atom is -0.445 e. The standard InChI is InChI=1S/C8H7ClN2O4S/c9-6-2-1-5(16-6)4(7(10)12)3-15-8(13)11-14/h1-2,4H,3H2,(H2,10,12)/t4-/m0/s1. The summed E-state index contributed by atoms with van der Waals surface area (Å²) in [4.78, 5) is 31.9. The van der Waals surface area contributed by atoms with Crippen LogP contribution in [0.1, 0.15) is 10.8 Å². The van der Waals surface area contributed by atoms with Crippen LogP contribution in [-0.4, -0.2) is 18.6 Å². The Morgan fingerprint density at radius 3 is 2.69 bits per heavy atom. The molecule has 0 unspecified atom stereocenters. The van der Waals surface area contributed by atoms with Crippen LogP contribution in [0.25, 0.3) is 0 Å². The number of halogens is 1. The van der Waals surface area contributed by atoms with Crippen LogP contribution in [0.3, 0.4) is 0 Å². The lowest BCUT2D eigenvalue weighted by Gasteiger charge is -2.09. The Labute approximate surface area is 99.3 Å². The van der Waals surface area contributed by atoms with Gasteiger partial charge in [0.25, 0.3) is 0 Å². The van der Waals surface area contributed by atoms with E-state index in [1.807, 2.05) is 5.18 Å². The predicted octanol–water partition coefficient (Wildman–Crippen LogP) is 1.87. The summed E-state index contributed by atoms with van der Waals surface area (Å²) in [5, 5.41) is 2.03. The Morgan fingerprint density at radius 1 is 1.56 bits per heavy atom. The van der Waals surface area contributed by atoms with Crippen molar-refractivity contribution in [3.63, 3.8) is 0 Å². The average molecular weight is 263 g/mol. The Kier molecular flexibility index (Phi) is 4.39. The zero-order valence-corrected chi connectivity index (χ0v) is 9.46. The molecule has 0 radical (unpaired) electrons. The number of hydrogen-bond acceptors (Lipinski definition) is 5. The summed E-state index contributed by atoms with van der Waals surface area (Å²) in [5.41, 5.74) is 5.13. The van der Waals surface area contributed by atoms with Crippen molar-refractivity contribution in [3.8, 4) is 0 Å². The molecule has 0 aliphatic carbocycles. The van der Waals surface area contributed by atoms with Gasteiger partial charge in [-0.1, -0.05) is 11.6 Å². The molecule has 1 aromatic rings. The Hall–Kier alpha value is -1.47. The Morgan fingerprint density at radius 2 is 2.25 bits per heavy atom. The molecule has 1 aromatic heterocycles. The van der Waals surface area contributed by atoms with Crippen molar-refractivity contribution in [2.45, 2.75) is 5.92 Å². The number of rotatable bonds is 4. The largest absolute Gasteiger partial charge is 0.470 e. The quantitative estimate of drug-likeness (QED) is 0.837. The normalized spacial score (nSPS) is 11.8. The molecule has 86 valence electrons. The van der Waals surface area contributed by atoms with Crippen molar-refractivity contribution in [2.75, 3.05) is 6.61 Å². The van der Waals surface area contributed by atoms with Crippen molar-refractivity contribution in [2.24, 2.45) is 10.9 Å². The first-order chi connectivity index (χ1) is 7.54. The van der Waals surface area contributed by atoms with E-state index in [1.165, 1.54) is 0 Å². The van der Waals surface area contributed by atoms with Crippen molar-refractivity contribution in [3.05, 3.63) is 26.3 Å². The van der Waals surface area contributed by atoms with Gasteiger partial charge >= 0.3 is 6.09 Å². The van der Waals surface area contributed by atoms with Gasteiger partial charge in [0.1, 0.15) is 12.5 Å². The van der Waals surface area contributed by atoms with Gasteiger partial charge in [-0.25, -0.2) is 4.79 Å². The van der Waals surface area contributed by atoms with Crippen molar-refractivity contribution in [1.29, 1.82) is 0 Å². The lowest BCUT2D eigenvalue weighted by Crippen LogP contribution is -2.25. The van der Waals surface area contributed by atoms with Crippen LogP contribution in [0.5, 0.6) is 0 Å². The highest BCUT2D eigenvalue weighted by Crippen LogP contribution is 2.28. The van der Waals surface area contributed by atoms with E-state index in [-0.39, 0.29) is 6.61 Å². The number of nitroso groups, excluding NO2 is 1. The topological polar surface area (TPSA) is 98.8 Å². The van der Waals surface area contributed by atoms with E-state index in [9.17, 15) is 14.5 Å². The molecule has 2 N–H and O–H groups in total. The molecule has 1 heterocycles. The molecule has 1 atom stereocenters. The monoisotopic (exact) mass is 262 g/mol. The second-order valence-corrected chi connectivity index (χ2v) is 4.51. The Bertz CT molecular complexity index is 420. The molecule has 1 rings (SSSR count). The number of amides is 2. The number of carbonyl (C=O) groups excluding carboxylic acids is 2. The number of nitrogens with two attached hydrogens (primary N) is 1. The highest BCUT2D eigenvalue weighted by atomic mass is 35.5. The fraction of sp³-hybridized carbons (Fsp3) is 0.250. The fourth-order valence-electron chi connectivity index (χ4n) is 1.00. The summed E-state index contributed by atoms with van der Waals surface area (Å²) in [6.07, 6.45) is -1.28. The highest BCUT2D eigenvalue weighted by Gasteiger charge is 2.22. The maximum atomic E-state index is 11.1. The van der Waals surface area contributed by atoms with Crippen molar-refractivity contribution in [1.82, 2.24) is 0 Å². The van der Waals surface area contributed by atoms with Gasteiger partial charge in [0.15, 0.2) is 0 Å². The lowest BCUT2D eigenvalue weighted by atomic mass is 10.1. The number of primary amides is 1. The molecule has 16 heavy (non-hydrogen) atoms. The third-order valence-corrected chi connectivity index (χ3v) is 3.07. The first-order valence-electron chi connectivity index (χ1n) is 4.09. The number of thiophene rings is 1. The van der Waals surface area contributed by atoms with Gasteiger partial charge in [0, 0.05) is 4.88 Å². The summed E-state index contributed by atoms with van der Waals surface area (Å²) in [5.74, 6) is -1.49. The number of hydrogen-bond donors (Lipinski definition) is 1. The maximum Gasteiger partial charge on any atom is 0.470 e. The van der Waals surface area contributed by atoms with E-state index < -0.39 is 17.9 Å². The summed E-state index contributed by atoms with van der Waals surface area (Å²) in [7, 11) is 0. The lowest BCUT2D eigenvalue weighted by molar-refractivity contribution is -0.120. The third kappa shape index (κ3) is 3.28. The summed E-state index contributed by atoms with van der Waals surface area (Å²) in [6, 6.07) is 3.20. The molecule has 8 heteroatoms. The van der Waals surface area contributed by atoms with Crippen LogP contribution < -0.4 is 5.73 Å². The molecule has 2 amide bonds. The van der Waals surface area contributed by atoms with E-state index in [0.717, 1.165) is 11.3 Å². The van der Waals surface area contributed by atoms with Crippen molar-refractivity contribution < 1.29 is 14.3 Å². The minimum absolute atomic E-state index is 0.323. The van der Waals surface area contributed by atoms with E-state index in [1.54, 1.807) is 12.1 Å². The molecule has 0 aromatic carbocycles. The minimum atomic E-state index is -1.28. The number of ether oxygens (including phenoxy) is 1. The molecule has 0 fully saturated rings. The highest BCUT2D eigenvalue weighted by molar-refractivity contribution is 7.16. The molecule has 0 aliphatic heterocycles. The second-order valence-electron chi connectivity index (χ2n) is 2.77. The molecule has 0 saturated heterocycles. The van der Waals surface area contributed by atoms with Gasteiger partial charge in [0.05, 0.1) is 9.51 Å². The number of carbonyl (C=O) groups is 2. The summed E-state index contributed by atoms with van der Waals surface area (Å²) < 4.78 is 4.91. The molecular formula is C8H7ClN2O4S. The Balaban J connectivity index is 2.72. The molecule has 0 spiro atoms. The number of nitrogens with zero attached hydrogens (tertiary/aromatic N) is 1. The van der Waals surface area contributed by atoms with Crippen LogP contribution in [0.2, 0.25) is 4.34 Å². The predicted molar refractivity (Wildman–Crippen MR) is 58.4 cm³/mol. The maximum absolute atomic E-state index is 11.1.